The fourth-order valence-electron chi connectivity index (χ4n) is 4.14. The van der Waals surface area contributed by atoms with Crippen LogP contribution in [0.4, 0.5) is 0 Å². The van der Waals surface area contributed by atoms with Crippen LogP contribution in [0.25, 0.3) is 4.96 Å². The molecule has 1 fully saturated rings. The number of carbonyl (C=O) groups is 1. The summed E-state index contributed by atoms with van der Waals surface area (Å²) in [6, 6.07) is 8.44. The van der Waals surface area contributed by atoms with E-state index in [4.69, 9.17) is 4.74 Å². The number of likely N-dealkylation sites (tertiary alicyclic amines) is 1. The lowest BCUT2D eigenvalue weighted by Crippen LogP contribution is -3.13. The van der Waals surface area contributed by atoms with Crippen molar-refractivity contribution >= 4 is 22.3 Å². The average Bonchev–Trinajstić information content (AvgIpc) is 3.22. The van der Waals surface area contributed by atoms with Crippen LogP contribution in [-0.4, -0.2) is 45.4 Å². The largest absolute Gasteiger partial charge is 0.492 e. The number of fused-ring (bicyclic) bond motifs is 1. The Morgan fingerprint density at radius 2 is 2.00 bits per heavy atom. The van der Waals surface area contributed by atoms with Gasteiger partial charge in [0.2, 0.25) is 10.8 Å². The van der Waals surface area contributed by atoms with Crippen LogP contribution in [0, 0.1) is 19.8 Å². The first kappa shape index (κ1) is 19.8. The third-order valence-corrected chi connectivity index (χ3v) is 6.72. The maximum Gasteiger partial charge on any atom is 0.309 e. The Kier molecular flexibility index (Phi) is 5.56. The Hall–Kier alpha value is -2.45. The Bertz CT molecular complexity index is 1000. The second-order valence-electron chi connectivity index (χ2n) is 7.67. The summed E-state index contributed by atoms with van der Waals surface area (Å²) in [5.41, 5.74) is 2.35. The van der Waals surface area contributed by atoms with E-state index in [9.17, 15) is 9.90 Å². The number of nitrogens with zero attached hydrogens (tertiary/aromatic N) is 3. The Morgan fingerprint density at radius 1 is 1.31 bits per heavy atom. The van der Waals surface area contributed by atoms with Crippen LogP contribution in [0.2, 0.25) is 0 Å². The molecule has 154 valence electrons. The van der Waals surface area contributed by atoms with Crippen LogP contribution in [-0.2, 0) is 9.53 Å². The molecule has 29 heavy (non-hydrogen) atoms. The van der Waals surface area contributed by atoms with Crippen molar-refractivity contribution < 1.29 is 19.5 Å². The standard InChI is InChI=1S/C21H26N4O3S/c1-4-28-20(27)16-9-11-24(12-10-16)17(15-7-5-13(2)6-8-15)18-19(26)25-21(29-18)22-14(3)23-25/h5-8,16-17,26H,4,9-12H2,1-3H3/p+1/t17-/m1/s1. The molecule has 8 heteroatoms. The summed E-state index contributed by atoms with van der Waals surface area (Å²) in [6.45, 7) is 7.84. The first-order valence-corrected chi connectivity index (χ1v) is 10.9. The van der Waals surface area contributed by atoms with Crippen LogP contribution in [0.1, 0.15) is 47.6 Å². The second-order valence-corrected chi connectivity index (χ2v) is 8.68. The maximum absolute atomic E-state index is 12.1. The van der Waals surface area contributed by atoms with Gasteiger partial charge in [-0.25, -0.2) is 4.98 Å². The smallest absolute Gasteiger partial charge is 0.309 e. The summed E-state index contributed by atoms with van der Waals surface area (Å²) >= 11 is 1.49. The highest BCUT2D eigenvalue weighted by Crippen LogP contribution is 2.35. The molecule has 2 aromatic heterocycles. The van der Waals surface area contributed by atoms with Crippen molar-refractivity contribution in [1.29, 1.82) is 0 Å². The van der Waals surface area contributed by atoms with Crippen LogP contribution in [0.15, 0.2) is 24.3 Å². The van der Waals surface area contributed by atoms with Crippen molar-refractivity contribution in [1.82, 2.24) is 14.6 Å². The molecule has 0 radical (unpaired) electrons. The summed E-state index contributed by atoms with van der Waals surface area (Å²) < 4.78 is 6.74. The van der Waals surface area contributed by atoms with Crippen LogP contribution < -0.4 is 4.90 Å². The van der Waals surface area contributed by atoms with Crippen molar-refractivity contribution in [2.75, 3.05) is 19.7 Å². The van der Waals surface area contributed by atoms with E-state index in [1.807, 2.05) is 13.8 Å². The fourth-order valence-corrected chi connectivity index (χ4v) is 5.33. The fraction of sp³-hybridized carbons (Fsp3) is 0.476. The number of esters is 1. The molecule has 0 aliphatic carbocycles. The molecule has 3 heterocycles. The lowest BCUT2D eigenvalue weighted by atomic mass is 9.93. The number of aromatic nitrogens is 3. The summed E-state index contributed by atoms with van der Waals surface area (Å²) in [6.07, 6.45) is 1.58. The van der Waals surface area contributed by atoms with Crippen molar-refractivity contribution in [3.05, 3.63) is 46.1 Å². The van der Waals surface area contributed by atoms with E-state index >= 15 is 0 Å². The molecule has 1 aliphatic rings. The second kappa shape index (κ2) is 8.12. The van der Waals surface area contributed by atoms with Gasteiger partial charge in [-0.1, -0.05) is 41.2 Å². The average molecular weight is 416 g/mol. The molecular formula is C21H27N4O3S+. The number of carbonyl (C=O) groups excluding carboxylic acids is 1. The van der Waals surface area contributed by atoms with E-state index in [0.29, 0.717) is 17.4 Å². The van der Waals surface area contributed by atoms with Gasteiger partial charge in [0.25, 0.3) is 0 Å². The van der Waals surface area contributed by atoms with Gasteiger partial charge in [-0.15, -0.1) is 5.10 Å². The molecular weight excluding hydrogens is 388 g/mol. The molecule has 1 atom stereocenters. The van der Waals surface area contributed by atoms with Gasteiger partial charge < -0.3 is 14.7 Å². The van der Waals surface area contributed by atoms with Gasteiger partial charge in [0.05, 0.1) is 25.6 Å². The predicted octanol–water partition coefficient (Wildman–Crippen LogP) is 2.06. The summed E-state index contributed by atoms with van der Waals surface area (Å²) in [7, 11) is 0. The SMILES string of the molecule is CCOC(=O)C1CC[NH+]([C@H](c2ccc(C)cc2)c2sc3nc(C)nn3c2O)CC1. The van der Waals surface area contributed by atoms with Gasteiger partial charge in [0.1, 0.15) is 10.7 Å². The third-order valence-electron chi connectivity index (χ3n) is 5.63. The van der Waals surface area contributed by atoms with E-state index in [0.717, 1.165) is 36.4 Å². The van der Waals surface area contributed by atoms with E-state index in [2.05, 4.69) is 41.3 Å². The molecule has 7 nitrogen and oxygen atoms in total. The van der Waals surface area contributed by atoms with Crippen molar-refractivity contribution in [2.24, 2.45) is 5.92 Å². The van der Waals surface area contributed by atoms with Gasteiger partial charge >= 0.3 is 5.97 Å². The number of aryl methyl sites for hydroxylation is 2. The normalized spacial score (nSPS) is 20.7. The minimum absolute atomic E-state index is 0.0208. The number of hydrogen-bond acceptors (Lipinski definition) is 6. The highest BCUT2D eigenvalue weighted by molar-refractivity contribution is 7.17. The zero-order chi connectivity index (χ0) is 20.5. The molecule has 1 aliphatic heterocycles. The molecule has 0 spiro atoms. The number of benzene rings is 1. The topological polar surface area (TPSA) is 81.2 Å². The van der Waals surface area contributed by atoms with Crippen molar-refractivity contribution in [3.63, 3.8) is 0 Å². The Labute approximate surface area is 173 Å². The molecule has 1 aromatic carbocycles. The number of rotatable bonds is 5. The van der Waals surface area contributed by atoms with E-state index in [1.54, 1.807) is 0 Å². The molecule has 2 N–H and O–H groups in total. The molecule has 0 unspecified atom stereocenters. The lowest BCUT2D eigenvalue weighted by Gasteiger charge is -2.33. The number of quaternary nitrogens is 1. The van der Waals surface area contributed by atoms with Gasteiger partial charge in [-0.3, -0.25) is 4.79 Å². The highest BCUT2D eigenvalue weighted by atomic mass is 32.1. The van der Waals surface area contributed by atoms with E-state index in [1.165, 1.54) is 26.3 Å². The zero-order valence-corrected chi connectivity index (χ0v) is 17.8. The van der Waals surface area contributed by atoms with Crippen molar-refractivity contribution in [2.45, 2.75) is 39.7 Å². The number of piperidine rings is 1. The molecule has 4 rings (SSSR count). The Morgan fingerprint density at radius 3 is 2.62 bits per heavy atom. The van der Waals surface area contributed by atoms with Gasteiger partial charge in [0, 0.05) is 18.4 Å². The number of aromatic hydroxyl groups is 1. The van der Waals surface area contributed by atoms with Crippen LogP contribution >= 0.6 is 11.3 Å². The van der Waals surface area contributed by atoms with Gasteiger partial charge in [-0.05, 0) is 20.8 Å². The van der Waals surface area contributed by atoms with E-state index in [-0.39, 0.29) is 23.8 Å². The first-order chi connectivity index (χ1) is 14.0. The number of hydrogen-bond donors (Lipinski definition) is 2. The number of thiazole rings is 1. The molecule has 0 amide bonds. The molecule has 0 saturated carbocycles. The Balaban J connectivity index is 1.66. The van der Waals surface area contributed by atoms with Crippen LogP contribution in [0.5, 0.6) is 5.88 Å². The quantitative estimate of drug-likeness (QED) is 0.624. The molecule has 3 aromatic rings. The summed E-state index contributed by atoms with van der Waals surface area (Å²) in [5.74, 6) is 0.690. The summed E-state index contributed by atoms with van der Waals surface area (Å²) in [5, 5.41) is 15.2. The predicted molar refractivity (Wildman–Crippen MR) is 110 cm³/mol. The van der Waals surface area contributed by atoms with Gasteiger partial charge in [0.15, 0.2) is 6.04 Å². The molecule has 0 bridgehead atoms. The first-order valence-electron chi connectivity index (χ1n) is 10.1. The molecule has 1 saturated heterocycles. The van der Waals surface area contributed by atoms with Crippen LogP contribution in [0.3, 0.4) is 0 Å². The lowest BCUT2D eigenvalue weighted by molar-refractivity contribution is -0.930. The van der Waals surface area contributed by atoms with Crippen molar-refractivity contribution in [3.8, 4) is 5.88 Å². The zero-order valence-electron chi connectivity index (χ0n) is 17.0. The van der Waals surface area contributed by atoms with E-state index < -0.39 is 0 Å². The number of ether oxygens (including phenoxy) is 1. The monoisotopic (exact) mass is 415 g/mol. The minimum atomic E-state index is -0.0875. The minimum Gasteiger partial charge on any atom is -0.492 e. The van der Waals surface area contributed by atoms with Gasteiger partial charge in [-0.2, -0.15) is 4.52 Å². The number of nitrogens with one attached hydrogen (secondary N) is 1. The summed E-state index contributed by atoms with van der Waals surface area (Å²) in [4.78, 5) is 19.5. The third kappa shape index (κ3) is 3.86. The maximum atomic E-state index is 12.1. The highest BCUT2D eigenvalue weighted by Gasteiger charge is 2.37.